The van der Waals surface area contributed by atoms with Crippen molar-refractivity contribution in [3.8, 4) is 11.1 Å². The van der Waals surface area contributed by atoms with Gasteiger partial charge in [-0.15, -0.1) is 0 Å². The van der Waals surface area contributed by atoms with Gasteiger partial charge >= 0.3 is 12.1 Å². The Balaban J connectivity index is 1.22. The lowest BCUT2D eigenvalue weighted by atomic mass is 9.38. The van der Waals surface area contributed by atoms with Gasteiger partial charge in [0.2, 0.25) is 0 Å². The molecule has 2 unspecified atom stereocenters. The molecule has 4 fully saturated rings. The average molecular weight is 446 g/mol. The minimum absolute atomic E-state index is 0.0138. The highest BCUT2D eigenvalue weighted by molar-refractivity contribution is 5.79. The van der Waals surface area contributed by atoms with E-state index in [1.54, 1.807) is 0 Å². The number of carboxylic acid groups (broad SMARTS) is 1. The van der Waals surface area contributed by atoms with Crippen LogP contribution in [-0.4, -0.2) is 29.3 Å². The topological polar surface area (TPSA) is 75.6 Å². The molecule has 7 rings (SSSR count). The summed E-state index contributed by atoms with van der Waals surface area (Å²) < 4.78 is 5.84. The lowest BCUT2D eigenvalue weighted by Gasteiger charge is -2.68. The summed E-state index contributed by atoms with van der Waals surface area (Å²) in [6.45, 7) is 4.68. The zero-order chi connectivity index (χ0) is 23.1. The maximum Gasteiger partial charge on any atom is 0.407 e. The van der Waals surface area contributed by atoms with E-state index in [-0.39, 0.29) is 23.4 Å². The van der Waals surface area contributed by atoms with Crippen molar-refractivity contribution in [3.05, 3.63) is 59.7 Å². The molecule has 0 spiro atoms. The highest BCUT2D eigenvalue weighted by atomic mass is 16.5. The third kappa shape index (κ3) is 3.12. The van der Waals surface area contributed by atoms with Gasteiger partial charge in [-0.1, -0.05) is 62.4 Å². The molecule has 4 bridgehead atoms. The smallest absolute Gasteiger partial charge is 0.407 e. The Labute approximate surface area is 194 Å². The Morgan fingerprint density at radius 3 is 1.97 bits per heavy atom. The lowest BCUT2D eigenvalue weighted by Crippen LogP contribution is -2.69. The predicted molar refractivity (Wildman–Crippen MR) is 125 cm³/mol. The summed E-state index contributed by atoms with van der Waals surface area (Å²) in [5.41, 5.74) is 3.42. The van der Waals surface area contributed by atoms with Crippen LogP contribution in [0.5, 0.6) is 0 Å². The van der Waals surface area contributed by atoms with Crippen LogP contribution in [0.3, 0.4) is 0 Å². The van der Waals surface area contributed by atoms with E-state index >= 15 is 0 Å². The first-order chi connectivity index (χ1) is 15.6. The summed E-state index contributed by atoms with van der Waals surface area (Å²) in [4.78, 5) is 25.5. The highest BCUT2D eigenvalue weighted by Gasteiger charge is 2.68. The van der Waals surface area contributed by atoms with Gasteiger partial charge in [-0.05, 0) is 71.6 Å². The number of ether oxygens (including phenoxy) is 1. The second-order valence-electron chi connectivity index (χ2n) is 12.0. The lowest BCUT2D eigenvalue weighted by molar-refractivity contribution is -0.193. The molecular weight excluding hydrogens is 414 g/mol. The van der Waals surface area contributed by atoms with Gasteiger partial charge in [0.15, 0.2) is 0 Å². The number of carbonyl (C=O) groups excluding carboxylic acids is 1. The van der Waals surface area contributed by atoms with Gasteiger partial charge in [0.1, 0.15) is 6.61 Å². The number of fused-ring (bicyclic) bond motifs is 3. The fourth-order valence-corrected chi connectivity index (χ4v) is 8.91. The number of alkyl carbamates (subject to hydrolysis) is 1. The molecule has 0 aliphatic heterocycles. The van der Waals surface area contributed by atoms with E-state index < -0.39 is 23.0 Å². The average Bonchev–Trinajstić information content (AvgIpc) is 3.03. The number of aliphatic carboxylic acids is 1. The van der Waals surface area contributed by atoms with Gasteiger partial charge in [0, 0.05) is 11.5 Å². The summed E-state index contributed by atoms with van der Waals surface area (Å²) in [6.07, 6.45) is 4.18. The van der Waals surface area contributed by atoms with Crippen LogP contribution in [0.15, 0.2) is 48.5 Å². The normalized spacial score (nSPS) is 35.7. The largest absolute Gasteiger partial charge is 0.481 e. The molecule has 5 aliphatic carbocycles. The standard InChI is InChI=1S/C28H31NO4/c1-25-12-26(2)14-27(13-25,23(30)31)17-28(15-25,16-26)29-24(32)33-11-22-20-9-5-3-7-18(20)19-8-4-6-10-21(19)22/h3-10,22H,11-17H2,1-2H3,(H,29,32)(H,30,31)/t25-,26+,27?,28?. The van der Waals surface area contributed by atoms with Crippen molar-refractivity contribution in [2.45, 2.75) is 63.8 Å². The molecule has 172 valence electrons. The first kappa shape index (κ1) is 20.8. The fraction of sp³-hybridized carbons (Fsp3) is 0.500. The summed E-state index contributed by atoms with van der Waals surface area (Å²) in [6, 6.07) is 16.6. The SMILES string of the molecule is C[C@]12CC3(NC(=O)OCC4c5ccccc5-c5ccccc54)CC(C(=O)O)(C1)C[C@@](C)(C3)C2. The molecule has 4 saturated carbocycles. The number of amides is 1. The second-order valence-corrected chi connectivity index (χ2v) is 12.0. The number of carbonyl (C=O) groups is 2. The number of hydrogen-bond acceptors (Lipinski definition) is 3. The van der Waals surface area contributed by atoms with Crippen LogP contribution in [0.1, 0.15) is 69.4 Å². The van der Waals surface area contributed by atoms with Crippen molar-refractivity contribution in [2.75, 3.05) is 6.61 Å². The highest BCUT2D eigenvalue weighted by Crippen LogP contribution is 2.70. The number of rotatable bonds is 4. The van der Waals surface area contributed by atoms with Crippen LogP contribution < -0.4 is 5.32 Å². The Hall–Kier alpha value is -2.82. The number of hydrogen-bond donors (Lipinski definition) is 2. The Kier molecular flexibility index (Phi) is 4.16. The van der Waals surface area contributed by atoms with E-state index in [4.69, 9.17) is 4.74 Å². The maximum absolute atomic E-state index is 13.1. The number of carboxylic acids is 1. The number of benzene rings is 2. The molecule has 0 heterocycles. The van der Waals surface area contributed by atoms with E-state index in [1.165, 1.54) is 22.3 Å². The van der Waals surface area contributed by atoms with Crippen molar-refractivity contribution in [1.29, 1.82) is 0 Å². The zero-order valence-corrected chi connectivity index (χ0v) is 19.3. The molecule has 2 N–H and O–H groups in total. The van der Waals surface area contributed by atoms with Crippen molar-refractivity contribution < 1.29 is 19.4 Å². The summed E-state index contributed by atoms with van der Waals surface area (Å²) in [5, 5.41) is 13.3. The zero-order valence-electron chi connectivity index (χ0n) is 19.3. The molecule has 2 aromatic carbocycles. The maximum atomic E-state index is 13.1. The van der Waals surface area contributed by atoms with Gasteiger partial charge in [-0.2, -0.15) is 0 Å². The molecular formula is C28H31NO4. The molecule has 0 saturated heterocycles. The molecule has 0 radical (unpaired) electrons. The molecule has 5 heteroatoms. The minimum atomic E-state index is -0.741. The van der Waals surface area contributed by atoms with Gasteiger partial charge < -0.3 is 15.2 Å². The minimum Gasteiger partial charge on any atom is -0.481 e. The van der Waals surface area contributed by atoms with Gasteiger partial charge in [-0.3, -0.25) is 4.79 Å². The van der Waals surface area contributed by atoms with Crippen molar-refractivity contribution in [1.82, 2.24) is 5.32 Å². The van der Waals surface area contributed by atoms with Crippen LogP contribution in [0.2, 0.25) is 0 Å². The third-order valence-corrected chi connectivity index (χ3v) is 8.76. The Morgan fingerprint density at radius 2 is 1.42 bits per heavy atom. The van der Waals surface area contributed by atoms with Crippen molar-refractivity contribution in [3.63, 3.8) is 0 Å². The van der Waals surface area contributed by atoms with E-state index in [1.807, 2.05) is 24.3 Å². The molecule has 5 aliphatic rings. The van der Waals surface area contributed by atoms with Crippen LogP contribution in [0.25, 0.3) is 11.1 Å². The first-order valence-corrected chi connectivity index (χ1v) is 12.0. The molecule has 33 heavy (non-hydrogen) atoms. The molecule has 5 nitrogen and oxygen atoms in total. The Morgan fingerprint density at radius 1 is 0.879 bits per heavy atom. The summed E-state index contributed by atoms with van der Waals surface area (Å²) in [5.74, 6) is -0.697. The van der Waals surface area contributed by atoms with Crippen LogP contribution in [-0.2, 0) is 9.53 Å². The fourth-order valence-electron chi connectivity index (χ4n) is 8.91. The summed E-state index contributed by atoms with van der Waals surface area (Å²) >= 11 is 0. The van der Waals surface area contributed by atoms with E-state index in [0.29, 0.717) is 19.3 Å². The molecule has 0 aromatic heterocycles. The first-order valence-electron chi connectivity index (χ1n) is 12.0. The quantitative estimate of drug-likeness (QED) is 0.630. The van der Waals surface area contributed by atoms with Crippen LogP contribution >= 0.6 is 0 Å². The van der Waals surface area contributed by atoms with E-state index in [9.17, 15) is 14.7 Å². The van der Waals surface area contributed by atoms with E-state index in [0.717, 1.165) is 19.3 Å². The second kappa shape index (κ2) is 6.62. The molecule has 1 amide bonds. The van der Waals surface area contributed by atoms with Crippen LogP contribution in [0, 0.1) is 16.2 Å². The van der Waals surface area contributed by atoms with Gasteiger partial charge in [0.05, 0.1) is 5.41 Å². The van der Waals surface area contributed by atoms with Crippen molar-refractivity contribution >= 4 is 12.1 Å². The molecule has 2 aromatic rings. The third-order valence-electron chi connectivity index (χ3n) is 8.76. The van der Waals surface area contributed by atoms with Crippen LogP contribution in [0.4, 0.5) is 4.79 Å². The number of nitrogens with one attached hydrogen (secondary N) is 1. The Bertz CT molecular complexity index is 1110. The van der Waals surface area contributed by atoms with Crippen molar-refractivity contribution in [2.24, 2.45) is 16.2 Å². The van der Waals surface area contributed by atoms with E-state index in [2.05, 4.69) is 43.4 Å². The monoisotopic (exact) mass is 445 g/mol. The van der Waals surface area contributed by atoms with Gasteiger partial charge in [-0.25, -0.2) is 4.79 Å². The van der Waals surface area contributed by atoms with Gasteiger partial charge in [0.25, 0.3) is 0 Å². The predicted octanol–water partition coefficient (Wildman–Crippen LogP) is 5.73. The molecule has 4 atom stereocenters. The summed E-state index contributed by atoms with van der Waals surface area (Å²) in [7, 11) is 0.